The van der Waals surface area contributed by atoms with E-state index in [0.717, 1.165) is 17.1 Å². The van der Waals surface area contributed by atoms with Gasteiger partial charge in [0.2, 0.25) is 0 Å². The highest BCUT2D eigenvalue weighted by Gasteiger charge is 2.25. The Labute approximate surface area is 89.5 Å². The first-order valence-corrected chi connectivity index (χ1v) is 5.85. The van der Waals surface area contributed by atoms with E-state index in [1.165, 1.54) is 25.7 Å². The second-order valence-electron chi connectivity index (χ2n) is 4.09. The monoisotopic (exact) mass is 211 g/mol. The topological polar surface area (TPSA) is 33.6 Å². The lowest BCUT2D eigenvalue weighted by atomic mass is 9.96. The van der Waals surface area contributed by atoms with E-state index in [4.69, 9.17) is 12.2 Å². The molecular formula is C10H17N3S. The van der Waals surface area contributed by atoms with Crippen molar-refractivity contribution in [1.29, 1.82) is 0 Å². The Morgan fingerprint density at radius 1 is 1.64 bits per heavy atom. The molecule has 1 N–H and O–H groups in total. The summed E-state index contributed by atoms with van der Waals surface area (Å²) < 4.78 is 2.90. The molecule has 0 saturated heterocycles. The van der Waals surface area contributed by atoms with Crippen molar-refractivity contribution in [3.05, 3.63) is 11.1 Å². The molecule has 0 aliphatic heterocycles. The van der Waals surface area contributed by atoms with Crippen molar-refractivity contribution in [2.45, 2.75) is 45.1 Å². The third-order valence-corrected chi connectivity index (χ3v) is 3.60. The molecule has 3 nitrogen and oxygen atoms in total. The van der Waals surface area contributed by atoms with Crippen LogP contribution in [-0.4, -0.2) is 14.8 Å². The van der Waals surface area contributed by atoms with E-state index in [0.29, 0.717) is 6.04 Å². The van der Waals surface area contributed by atoms with E-state index in [1.807, 2.05) is 6.33 Å². The highest BCUT2D eigenvalue weighted by Crippen LogP contribution is 2.35. The lowest BCUT2D eigenvalue weighted by Crippen LogP contribution is -2.16. The highest BCUT2D eigenvalue weighted by molar-refractivity contribution is 7.71. The van der Waals surface area contributed by atoms with Gasteiger partial charge in [0.05, 0.1) is 0 Å². The lowest BCUT2D eigenvalue weighted by Gasteiger charge is -2.22. The summed E-state index contributed by atoms with van der Waals surface area (Å²) in [5, 5.41) is 6.83. The van der Waals surface area contributed by atoms with Gasteiger partial charge in [-0.1, -0.05) is 19.8 Å². The number of aromatic amines is 1. The first-order chi connectivity index (χ1) is 6.83. The molecule has 0 amide bonds. The van der Waals surface area contributed by atoms with Crippen molar-refractivity contribution in [3.63, 3.8) is 0 Å². The predicted octanol–water partition coefficient (Wildman–Crippen LogP) is 3.08. The van der Waals surface area contributed by atoms with Gasteiger partial charge in [-0.05, 0) is 37.4 Å². The Hall–Kier alpha value is -0.640. The van der Waals surface area contributed by atoms with Crippen LogP contribution in [-0.2, 0) is 0 Å². The summed E-state index contributed by atoms with van der Waals surface area (Å²) >= 11 is 5.21. The van der Waals surface area contributed by atoms with Crippen LogP contribution in [0.1, 0.15) is 45.1 Å². The van der Waals surface area contributed by atoms with Gasteiger partial charge in [-0.25, -0.2) is 0 Å². The average Bonchev–Trinajstić information content (AvgIpc) is 2.80. The minimum atomic E-state index is 0.559. The van der Waals surface area contributed by atoms with E-state index in [9.17, 15) is 0 Å². The number of nitrogens with zero attached hydrogens (tertiary/aromatic N) is 2. The molecule has 4 heteroatoms. The zero-order valence-electron chi connectivity index (χ0n) is 8.57. The van der Waals surface area contributed by atoms with Crippen LogP contribution < -0.4 is 0 Å². The Morgan fingerprint density at radius 2 is 2.36 bits per heavy atom. The zero-order chi connectivity index (χ0) is 9.97. The first-order valence-electron chi connectivity index (χ1n) is 5.44. The number of hydrogen-bond donors (Lipinski definition) is 1. The number of nitrogens with one attached hydrogen (secondary N) is 1. The second kappa shape index (κ2) is 4.26. The highest BCUT2D eigenvalue weighted by atomic mass is 32.1. The van der Waals surface area contributed by atoms with E-state index >= 15 is 0 Å². The van der Waals surface area contributed by atoms with Crippen molar-refractivity contribution < 1.29 is 0 Å². The number of H-pyrrole nitrogens is 1. The van der Waals surface area contributed by atoms with Crippen LogP contribution in [0.2, 0.25) is 0 Å². The van der Waals surface area contributed by atoms with E-state index in [2.05, 4.69) is 21.7 Å². The fraction of sp³-hybridized carbons (Fsp3) is 0.800. The molecule has 0 aromatic carbocycles. The second-order valence-corrected chi connectivity index (χ2v) is 4.48. The molecule has 14 heavy (non-hydrogen) atoms. The standard InChI is InChI=1S/C10H17N3S/c1-2-9(8-5-3-4-6-8)13-7-11-12-10(13)14/h7-9H,2-6H2,1H3,(H,12,14). The Morgan fingerprint density at radius 3 is 2.86 bits per heavy atom. The van der Waals surface area contributed by atoms with Crippen LogP contribution in [0.15, 0.2) is 6.33 Å². The van der Waals surface area contributed by atoms with Gasteiger partial charge >= 0.3 is 0 Å². The predicted molar refractivity (Wildman–Crippen MR) is 58.7 cm³/mol. The molecule has 1 aliphatic carbocycles. The third kappa shape index (κ3) is 1.75. The normalized spacial score (nSPS) is 20.1. The minimum absolute atomic E-state index is 0.559. The van der Waals surface area contributed by atoms with Crippen LogP contribution in [0.25, 0.3) is 0 Å². The number of rotatable bonds is 3. The van der Waals surface area contributed by atoms with Crippen molar-refractivity contribution in [3.8, 4) is 0 Å². The summed E-state index contributed by atoms with van der Waals surface area (Å²) in [6.45, 7) is 2.23. The zero-order valence-corrected chi connectivity index (χ0v) is 9.39. The summed E-state index contributed by atoms with van der Waals surface area (Å²) in [5.41, 5.74) is 0. The van der Waals surface area contributed by atoms with Crippen LogP contribution in [0, 0.1) is 10.7 Å². The van der Waals surface area contributed by atoms with Gasteiger partial charge in [0, 0.05) is 6.04 Å². The summed E-state index contributed by atoms with van der Waals surface area (Å²) in [7, 11) is 0. The lowest BCUT2D eigenvalue weighted by molar-refractivity contribution is 0.322. The van der Waals surface area contributed by atoms with Crippen LogP contribution in [0.3, 0.4) is 0 Å². The molecule has 0 radical (unpaired) electrons. The van der Waals surface area contributed by atoms with Crippen molar-refractivity contribution in [1.82, 2.24) is 14.8 Å². The molecular weight excluding hydrogens is 194 g/mol. The van der Waals surface area contributed by atoms with Gasteiger partial charge in [-0.3, -0.25) is 5.10 Å². The maximum absolute atomic E-state index is 5.21. The molecule has 0 spiro atoms. The van der Waals surface area contributed by atoms with Gasteiger partial charge in [0.25, 0.3) is 0 Å². The molecule has 1 unspecified atom stereocenters. The maximum atomic E-state index is 5.21. The van der Waals surface area contributed by atoms with Gasteiger partial charge in [-0.15, -0.1) is 0 Å². The van der Waals surface area contributed by atoms with E-state index < -0.39 is 0 Å². The molecule has 1 heterocycles. The molecule has 1 saturated carbocycles. The Balaban J connectivity index is 2.20. The molecule has 78 valence electrons. The van der Waals surface area contributed by atoms with Gasteiger partial charge in [0.15, 0.2) is 4.77 Å². The summed E-state index contributed by atoms with van der Waals surface area (Å²) in [4.78, 5) is 0. The number of aromatic nitrogens is 3. The van der Waals surface area contributed by atoms with E-state index in [1.54, 1.807) is 0 Å². The maximum Gasteiger partial charge on any atom is 0.195 e. The molecule has 1 fully saturated rings. The van der Waals surface area contributed by atoms with Crippen LogP contribution >= 0.6 is 12.2 Å². The fourth-order valence-corrected chi connectivity index (χ4v) is 2.83. The molecule has 2 rings (SSSR count). The van der Waals surface area contributed by atoms with E-state index in [-0.39, 0.29) is 0 Å². The Kier molecular flexibility index (Phi) is 3.01. The largest absolute Gasteiger partial charge is 0.303 e. The quantitative estimate of drug-likeness (QED) is 0.779. The van der Waals surface area contributed by atoms with Gasteiger partial charge in [0.1, 0.15) is 6.33 Å². The van der Waals surface area contributed by atoms with Crippen molar-refractivity contribution in [2.75, 3.05) is 0 Å². The smallest absolute Gasteiger partial charge is 0.195 e. The number of hydrogen-bond acceptors (Lipinski definition) is 2. The molecule has 0 bridgehead atoms. The first kappa shape index (κ1) is 9.90. The average molecular weight is 211 g/mol. The van der Waals surface area contributed by atoms with Crippen LogP contribution in [0.5, 0.6) is 0 Å². The minimum Gasteiger partial charge on any atom is -0.303 e. The molecule has 1 aromatic heterocycles. The fourth-order valence-electron chi connectivity index (χ4n) is 2.59. The summed E-state index contributed by atoms with van der Waals surface area (Å²) in [6, 6.07) is 0.559. The van der Waals surface area contributed by atoms with Crippen LogP contribution in [0.4, 0.5) is 0 Å². The SMILES string of the molecule is CCC(C1CCCC1)n1cn[nH]c1=S. The Bertz CT molecular complexity index is 335. The van der Waals surface area contributed by atoms with Gasteiger partial charge in [-0.2, -0.15) is 5.10 Å². The summed E-state index contributed by atoms with van der Waals surface area (Å²) in [5.74, 6) is 0.810. The van der Waals surface area contributed by atoms with Gasteiger partial charge < -0.3 is 4.57 Å². The van der Waals surface area contributed by atoms with Crippen molar-refractivity contribution >= 4 is 12.2 Å². The molecule has 1 aromatic rings. The molecule has 1 atom stereocenters. The summed E-state index contributed by atoms with van der Waals surface area (Å²) in [6.07, 6.45) is 8.46. The van der Waals surface area contributed by atoms with Crippen molar-refractivity contribution in [2.24, 2.45) is 5.92 Å². The third-order valence-electron chi connectivity index (χ3n) is 3.30. The molecule has 1 aliphatic rings.